The first-order chi connectivity index (χ1) is 8.63. The molecule has 2 N–H and O–H groups in total. The minimum Gasteiger partial charge on any atom is -0.334 e. The summed E-state index contributed by atoms with van der Waals surface area (Å²) in [7, 11) is 0. The van der Waals surface area contributed by atoms with Gasteiger partial charge in [-0.2, -0.15) is 0 Å². The molecule has 4 heteroatoms. The van der Waals surface area contributed by atoms with E-state index in [4.69, 9.17) is 17.3 Å². The molecule has 2 rings (SSSR count). The lowest BCUT2D eigenvalue weighted by molar-refractivity contribution is 0.0623. The van der Waals surface area contributed by atoms with E-state index in [0.29, 0.717) is 17.1 Å². The number of nitrogens with zero attached hydrogens (tertiary/aromatic N) is 1. The number of benzene rings is 1. The zero-order valence-electron chi connectivity index (χ0n) is 10.7. The van der Waals surface area contributed by atoms with Crippen molar-refractivity contribution >= 4 is 17.5 Å². The maximum Gasteiger partial charge on any atom is 0.254 e. The molecule has 0 saturated carbocycles. The van der Waals surface area contributed by atoms with Gasteiger partial charge < -0.3 is 10.6 Å². The zero-order valence-corrected chi connectivity index (χ0v) is 11.4. The molecular weight excluding hydrogens is 248 g/mol. The van der Waals surface area contributed by atoms with Crippen LogP contribution in [-0.4, -0.2) is 29.9 Å². The van der Waals surface area contributed by atoms with Gasteiger partial charge in [-0.25, -0.2) is 0 Å². The lowest BCUT2D eigenvalue weighted by Gasteiger charge is -2.35. The van der Waals surface area contributed by atoms with Crippen LogP contribution in [0.25, 0.3) is 0 Å². The second-order valence-corrected chi connectivity index (χ2v) is 5.26. The van der Waals surface area contributed by atoms with Gasteiger partial charge in [0.2, 0.25) is 0 Å². The highest BCUT2D eigenvalue weighted by Crippen LogP contribution is 2.22. The summed E-state index contributed by atoms with van der Waals surface area (Å²) in [6.07, 6.45) is 3.21. The SMILES string of the molecule is Cc1ccc(C(=O)N2CCCC[C@@H]2CN)cc1Cl. The Morgan fingerprint density at radius 3 is 2.94 bits per heavy atom. The third-order valence-corrected chi connectivity index (χ3v) is 3.99. The van der Waals surface area contributed by atoms with E-state index in [-0.39, 0.29) is 11.9 Å². The number of piperidine rings is 1. The maximum atomic E-state index is 12.4. The number of nitrogens with two attached hydrogens (primary N) is 1. The highest BCUT2D eigenvalue weighted by atomic mass is 35.5. The summed E-state index contributed by atoms with van der Waals surface area (Å²) < 4.78 is 0. The number of rotatable bonds is 2. The Bertz CT molecular complexity index is 447. The summed E-state index contributed by atoms with van der Waals surface area (Å²) in [6.45, 7) is 3.26. The number of likely N-dealkylation sites (tertiary alicyclic amines) is 1. The van der Waals surface area contributed by atoms with Crippen molar-refractivity contribution in [2.24, 2.45) is 5.73 Å². The highest BCUT2D eigenvalue weighted by Gasteiger charge is 2.26. The van der Waals surface area contributed by atoms with Crippen LogP contribution < -0.4 is 5.73 Å². The summed E-state index contributed by atoms with van der Waals surface area (Å²) >= 11 is 6.07. The van der Waals surface area contributed by atoms with E-state index in [1.54, 1.807) is 6.07 Å². The predicted molar refractivity (Wildman–Crippen MR) is 73.9 cm³/mol. The molecule has 1 saturated heterocycles. The normalized spacial score (nSPS) is 19.9. The first-order valence-electron chi connectivity index (χ1n) is 6.40. The Balaban J connectivity index is 2.21. The van der Waals surface area contributed by atoms with Crippen molar-refractivity contribution in [1.82, 2.24) is 4.90 Å². The number of halogens is 1. The summed E-state index contributed by atoms with van der Waals surface area (Å²) in [5.41, 5.74) is 7.39. The fourth-order valence-electron chi connectivity index (χ4n) is 2.40. The Kier molecular flexibility index (Phi) is 4.25. The average molecular weight is 267 g/mol. The molecule has 1 heterocycles. The number of aryl methyl sites for hydroxylation is 1. The molecule has 3 nitrogen and oxygen atoms in total. The molecule has 0 aliphatic carbocycles. The number of hydrogen-bond donors (Lipinski definition) is 1. The molecule has 1 amide bonds. The minimum atomic E-state index is 0.0482. The molecule has 0 aromatic heterocycles. The van der Waals surface area contributed by atoms with Gasteiger partial charge in [-0.3, -0.25) is 4.79 Å². The van der Waals surface area contributed by atoms with E-state index < -0.39 is 0 Å². The fourth-order valence-corrected chi connectivity index (χ4v) is 2.59. The van der Waals surface area contributed by atoms with Crippen LogP contribution in [-0.2, 0) is 0 Å². The molecule has 1 fully saturated rings. The van der Waals surface area contributed by atoms with E-state index in [1.165, 1.54) is 0 Å². The van der Waals surface area contributed by atoms with Gasteiger partial charge in [0.25, 0.3) is 5.91 Å². The molecule has 0 spiro atoms. The van der Waals surface area contributed by atoms with Crippen LogP contribution in [0, 0.1) is 6.92 Å². The maximum absolute atomic E-state index is 12.4. The summed E-state index contributed by atoms with van der Waals surface area (Å²) in [5, 5.41) is 0.641. The fraction of sp³-hybridized carbons (Fsp3) is 0.500. The lowest BCUT2D eigenvalue weighted by atomic mass is 10.0. The Labute approximate surface area is 113 Å². The van der Waals surface area contributed by atoms with Crippen LogP contribution in [0.1, 0.15) is 35.2 Å². The lowest BCUT2D eigenvalue weighted by Crippen LogP contribution is -2.47. The first-order valence-corrected chi connectivity index (χ1v) is 6.78. The van der Waals surface area contributed by atoms with E-state index >= 15 is 0 Å². The first kappa shape index (κ1) is 13.4. The van der Waals surface area contributed by atoms with Gasteiger partial charge in [0.05, 0.1) is 0 Å². The summed E-state index contributed by atoms with van der Waals surface area (Å²) in [4.78, 5) is 14.3. The third-order valence-electron chi connectivity index (χ3n) is 3.58. The molecule has 0 bridgehead atoms. The third kappa shape index (κ3) is 2.68. The van der Waals surface area contributed by atoms with E-state index in [0.717, 1.165) is 31.4 Å². The largest absolute Gasteiger partial charge is 0.334 e. The van der Waals surface area contributed by atoms with Crippen molar-refractivity contribution in [3.63, 3.8) is 0 Å². The topological polar surface area (TPSA) is 46.3 Å². The molecule has 1 aromatic rings. The van der Waals surface area contributed by atoms with Gasteiger partial charge in [0.1, 0.15) is 0 Å². The molecule has 0 radical (unpaired) electrons. The number of amides is 1. The van der Waals surface area contributed by atoms with Crippen molar-refractivity contribution in [3.05, 3.63) is 34.3 Å². The molecule has 1 aliphatic rings. The van der Waals surface area contributed by atoms with Crippen LogP contribution in [0.2, 0.25) is 5.02 Å². The van der Waals surface area contributed by atoms with Gasteiger partial charge in [0.15, 0.2) is 0 Å². The molecule has 1 atom stereocenters. The van der Waals surface area contributed by atoms with Gasteiger partial charge >= 0.3 is 0 Å². The van der Waals surface area contributed by atoms with Gasteiger partial charge in [-0.15, -0.1) is 0 Å². The molecule has 1 aliphatic heterocycles. The van der Waals surface area contributed by atoms with Gasteiger partial charge in [-0.05, 0) is 43.9 Å². The predicted octanol–water partition coefficient (Wildman–Crippen LogP) is 2.60. The van der Waals surface area contributed by atoms with E-state index in [2.05, 4.69) is 0 Å². The zero-order chi connectivity index (χ0) is 13.1. The summed E-state index contributed by atoms with van der Waals surface area (Å²) in [6, 6.07) is 5.65. The second-order valence-electron chi connectivity index (χ2n) is 4.85. The van der Waals surface area contributed by atoms with Gasteiger partial charge in [0, 0.05) is 29.7 Å². The van der Waals surface area contributed by atoms with Crippen molar-refractivity contribution < 1.29 is 4.79 Å². The van der Waals surface area contributed by atoms with Crippen LogP contribution in [0.15, 0.2) is 18.2 Å². The van der Waals surface area contributed by atoms with Crippen molar-refractivity contribution in [2.75, 3.05) is 13.1 Å². The van der Waals surface area contributed by atoms with E-state index in [9.17, 15) is 4.79 Å². The molecule has 98 valence electrons. The van der Waals surface area contributed by atoms with Crippen molar-refractivity contribution in [1.29, 1.82) is 0 Å². The Hall–Kier alpha value is -1.06. The van der Waals surface area contributed by atoms with Crippen LogP contribution in [0.4, 0.5) is 0 Å². The monoisotopic (exact) mass is 266 g/mol. The number of carbonyl (C=O) groups is 1. The quantitative estimate of drug-likeness (QED) is 0.894. The second kappa shape index (κ2) is 5.72. The Morgan fingerprint density at radius 2 is 2.28 bits per heavy atom. The Morgan fingerprint density at radius 1 is 1.50 bits per heavy atom. The van der Waals surface area contributed by atoms with Gasteiger partial charge in [-0.1, -0.05) is 17.7 Å². The number of carbonyl (C=O) groups excluding carboxylic acids is 1. The minimum absolute atomic E-state index is 0.0482. The van der Waals surface area contributed by atoms with Crippen molar-refractivity contribution in [2.45, 2.75) is 32.2 Å². The number of hydrogen-bond acceptors (Lipinski definition) is 2. The van der Waals surface area contributed by atoms with Crippen LogP contribution in [0.3, 0.4) is 0 Å². The van der Waals surface area contributed by atoms with Crippen LogP contribution >= 0.6 is 11.6 Å². The van der Waals surface area contributed by atoms with Crippen LogP contribution in [0.5, 0.6) is 0 Å². The standard InChI is InChI=1S/C14H19ClN2O/c1-10-5-6-11(8-13(10)15)14(18)17-7-3-2-4-12(17)9-16/h5-6,8,12H,2-4,7,9,16H2,1H3/t12-/m1/s1. The average Bonchev–Trinajstić information content (AvgIpc) is 2.41. The highest BCUT2D eigenvalue weighted by molar-refractivity contribution is 6.31. The molecular formula is C14H19ClN2O. The molecule has 1 aromatic carbocycles. The smallest absolute Gasteiger partial charge is 0.254 e. The molecule has 18 heavy (non-hydrogen) atoms. The molecule has 0 unspecified atom stereocenters. The summed E-state index contributed by atoms with van der Waals surface area (Å²) in [5.74, 6) is 0.0482. The van der Waals surface area contributed by atoms with E-state index in [1.807, 2.05) is 24.0 Å². The van der Waals surface area contributed by atoms with Crippen molar-refractivity contribution in [3.8, 4) is 0 Å².